The maximum atomic E-state index is 11.9. The van der Waals surface area contributed by atoms with Crippen LogP contribution in [0.1, 0.15) is 20.3 Å². The summed E-state index contributed by atoms with van der Waals surface area (Å²) in [6.45, 7) is 3.49. The minimum atomic E-state index is -0.752. The van der Waals surface area contributed by atoms with Crippen LogP contribution in [0.3, 0.4) is 0 Å². The Morgan fingerprint density at radius 2 is 2.00 bits per heavy atom. The van der Waals surface area contributed by atoms with E-state index in [2.05, 4.69) is 4.74 Å². The van der Waals surface area contributed by atoms with E-state index in [1.807, 2.05) is 0 Å². The van der Waals surface area contributed by atoms with Crippen molar-refractivity contribution >= 4 is 11.8 Å². The van der Waals surface area contributed by atoms with Crippen molar-refractivity contribution in [2.45, 2.75) is 26.4 Å². The van der Waals surface area contributed by atoms with Crippen LogP contribution in [0.5, 0.6) is 0 Å². The number of carbonyl (C=O) groups excluding carboxylic acids is 2. The summed E-state index contributed by atoms with van der Waals surface area (Å²) in [4.78, 5) is 23.1. The molecule has 0 bridgehead atoms. The molecule has 0 saturated carbocycles. The molecule has 0 saturated heterocycles. The predicted octanol–water partition coefficient (Wildman–Crippen LogP) is 0.938. The van der Waals surface area contributed by atoms with Gasteiger partial charge in [0.25, 0.3) is 0 Å². The topological polar surface area (TPSA) is 63.6 Å². The molecule has 4 atom stereocenters. The number of carbonyl (C=O) groups is 2. The molecule has 0 aromatic heterocycles. The van der Waals surface area contributed by atoms with Crippen LogP contribution in [0.2, 0.25) is 0 Å². The van der Waals surface area contributed by atoms with Gasteiger partial charge >= 0.3 is 5.97 Å². The zero-order chi connectivity index (χ0) is 12.3. The average molecular weight is 226 g/mol. The maximum absolute atomic E-state index is 11.9. The van der Waals surface area contributed by atoms with Gasteiger partial charge in [-0.15, -0.1) is 0 Å². The molecule has 1 rings (SSSR count). The van der Waals surface area contributed by atoms with Gasteiger partial charge in [-0.2, -0.15) is 0 Å². The van der Waals surface area contributed by atoms with Crippen molar-refractivity contribution < 1.29 is 19.4 Å². The van der Waals surface area contributed by atoms with Crippen molar-refractivity contribution in [1.29, 1.82) is 0 Å². The van der Waals surface area contributed by atoms with Crippen molar-refractivity contribution in [2.24, 2.45) is 17.8 Å². The molecular weight excluding hydrogens is 208 g/mol. The Bertz CT molecular complexity index is 308. The van der Waals surface area contributed by atoms with E-state index in [0.717, 1.165) is 0 Å². The molecular formula is C12H18O4. The Balaban J connectivity index is 2.81. The molecule has 4 heteroatoms. The van der Waals surface area contributed by atoms with Gasteiger partial charge in [-0.25, -0.2) is 0 Å². The number of Topliss-reactive ketones (excluding diaryl/α,β-unsaturated/α-hetero) is 1. The number of ether oxygens (including phenoxy) is 1. The lowest BCUT2D eigenvalue weighted by Gasteiger charge is -2.19. The summed E-state index contributed by atoms with van der Waals surface area (Å²) in [6.07, 6.45) is 2.77. The minimum Gasteiger partial charge on any atom is -0.469 e. The summed E-state index contributed by atoms with van der Waals surface area (Å²) in [5.41, 5.74) is 0. The highest BCUT2D eigenvalue weighted by Gasteiger charge is 2.33. The lowest BCUT2D eigenvalue weighted by Crippen LogP contribution is -2.29. The molecule has 16 heavy (non-hydrogen) atoms. The van der Waals surface area contributed by atoms with Gasteiger partial charge in [0.15, 0.2) is 0 Å². The van der Waals surface area contributed by atoms with Crippen LogP contribution in [0.4, 0.5) is 0 Å². The Labute approximate surface area is 95.3 Å². The molecule has 0 spiro atoms. The van der Waals surface area contributed by atoms with Crippen LogP contribution in [0, 0.1) is 17.8 Å². The first-order chi connectivity index (χ1) is 7.47. The molecule has 0 unspecified atom stereocenters. The number of aliphatic hydroxyl groups excluding tert-OH is 1. The monoisotopic (exact) mass is 226 g/mol. The summed E-state index contributed by atoms with van der Waals surface area (Å²) in [5, 5.41) is 9.63. The van der Waals surface area contributed by atoms with Crippen molar-refractivity contribution in [1.82, 2.24) is 0 Å². The molecule has 90 valence electrons. The SMILES string of the molecule is COC(=O)C[C@@H]1C=C[C@@H](O)[C@H](C)C(=O)[C@@H]1C. The van der Waals surface area contributed by atoms with E-state index in [4.69, 9.17) is 0 Å². The van der Waals surface area contributed by atoms with Crippen molar-refractivity contribution in [3.63, 3.8) is 0 Å². The van der Waals surface area contributed by atoms with Crippen LogP contribution < -0.4 is 0 Å². The van der Waals surface area contributed by atoms with E-state index in [-0.39, 0.29) is 30.0 Å². The molecule has 0 radical (unpaired) electrons. The summed E-state index contributed by atoms with van der Waals surface area (Å²) in [5.74, 6) is -1.19. The summed E-state index contributed by atoms with van der Waals surface area (Å²) in [6, 6.07) is 0. The predicted molar refractivity (Wildman–Crippen MR) is 58.6 cm³/mol. The molecule has 0 amide bonds. The highest BCUT2D eigenvalue weighted by atomic mass is 16.5. The fourth-order valence-electron chi connectivity index (χ4n) is 1.90. The Kier molecular flexibility index (Phi) is 4.24. The number of ketones is 1. The summed E-state index contributed by atoms with van der Waals surface area (Å²) in [7, 11) is 1.33. The van der Waals surface area contributed by atoms with Gasteiger partial charge in [-0.05, 0) is 5.92 Å². The zero-order valence-electron chi connectivity index (χ0n) is 9.84. The fourth-order valence-corrected chi connectivity index (χ4v) is 1.90. The second-order valence-electron chi connectivity index (χ2n) is 4.30. The number of hydrogen-bond donors (Lipinski definition) is 1. The lowest BCUT2D eigenvalue weighted by molar-refractivity contribution is -0.142. The van der Waals surface area contributed by atoms with Gasteiger partial charge in [0.2, 0.25) is 0 Å². The Hall–Kier alpha value is -1.16. The van der Waals surface area contributed by atoms with Gasteiger partial charge in [0, 0.05) is 11.8 Å². The molecule has 1 aliphatic rings. The van der Waals surface area contributed by atoms with E-state index in [9.17, 15) is 14.7 Å². The Morgan fingerprint density at radius 1 is 1.38 bits per heavy atom. The van der Waals surface area contributed by atoms with E-state index in [0.29, 0.717) is 0 Å². The fraction of sp³-hybridized carbons (Fsp3) is 0.667. The van der Waals surface area contributed by atoms with Crippen molar-refractivity contribution in [2.75, 3.05) is 7.11 Å². The van der Waals surface area contributed by atoms with Gasteiger partial charge in [-0.1, -0.05) is 26.0 Å². The highest BCUT2D eigenvalue weighted by molar-refractivity contribution is 5.85. The van der Waals surface area contributed by atoms with E-state index in [1.54, 1.807) is 26.0 Å². The average Bonchev–Trinajstić information content (AvgIpc) is 2.36. The zero-order valence-corrected chi connectivity index (χ0v) is 9.84. The molecule has 0 fully saturated rings. The van der Waals surface area contributed by atoms with Gasteiger partial charge in [0.05, 0.1) is 19.6 Å². The molecule has 0 aromatic carbocycles. The number of hydrogen-bond acceptors (Lipinski definition) is 4. The normalized spacial score (nSPS) is 34.6. The van der Waals surface area contributed by atoms with Crippen LogP contribution in [0.25, 0.3) is 0 Å². The first kappa shape index (κ1) is 12.9. The quantitative estimate of drug-likeness (QED) is 0.562. The molecule has 4 nitrogen and oxygen atoms in total. The first-order valence-corrected chi connectivity index (χ1v) is 5.44. The van der Waals surface area contributed by atoms with Gasteiger partial charge in [-0.3, -0.25) is 9.59 Å². The number of aliphatic hydroxyl groups is 1. The van der Waals surface area contributed by atoms with E-state index < -0.39 is 12.0 Å². The minimum absolute atomic E-state index is 0.00796. The third kappa shape index (κ3) is 2.70. The van der Waals surface area contributed by atoms with Gasteiger partial charge < -0.3 is 9.84 Å². The first-order valence-electron chi connectivity index (χ1n) is 5.44. The number of allylic oxidation sites excluding steroid dienone is 1. The largest absolute Gasteiger partial charge is 0.469 e. The molecule has 1 aliphatic carbocycles. The third-order valence-electron chi connectivity index (χ3n) is 3.24. The van der Waals surface area contributed by atoms with E-state index >= 15 is 0 Å². The van der Waals surface area contributed by atoms with Crippen LogP contribution >= 0.6 is 0 Å². The second-order valence-corrected chi connectivity index (χ2v) is 4.30. The number of rotatable bonds is 2. The molecule has 1 N–H and O–H groups in total. The molecule has 0 aliphatic heterocycles. The van der Waals surface area contributed by atoms with Crippen molar-refractivity contribution in [3.05, 3.63) is 12.2 Å². The van der Waals surface area contributed by atoms with Gasteiger partial charge in [0.1, 0.15) is 5.78 Å². The van der Waals surface area contributed by atoms with Crippen LogP contribution in [0.15, 0.2) is 12.2 Å². The summed E-state index contributed by atoms with van der Waals surface area (Å²) >= 11 is 0. The van der Waals surface area contributed by atoms with Crippen LogP contribution in [-0.4, -0.2) is 30.1 Å². The third-order valence-corrected chi connectivity index (χ3v) is 3.24. The molecule has 0 aromatic rings. The summed E-state index contributed by atoms with van der Waals surface area (Å²) < 4.78 is 4.58. The maximum Gasteiger partial charge on any atom is 0.306 e. The van der Waals surface area contributed by atoms with Crippen molar-refractivity contribution in [3.8, 4) is 0 Å². The lowest BCUT2D eigenvalue weighted by atomic mass is 9.84. The number of methoxy groups -OCH3 is 1. The van der Waals surface area contributed by atoms with Crippen LogP contribution in [-0.2, 0) is 14.3 Å². The molecule has 0 heterocycles. The smallest absolute Gasteiger partial charge is 0.306 e. The second kappa shape index (κ2) is 5.25. The number of esters is 1. The Morgan fingerprint density at radius 3 is 2.56 bits per heavy atom. The standard InChI is InChI=1S/C12H18O4/c1-7-9(6-11(14)16-3)4-5-10(13)8(2)12(7)15/h4-5,7-10,13H,6H2,1-3H3/t7-,8+,9+,10-/m1/s1. The highest BCUT2D eigenvalue weighted by Crippen LogP contribution is 2.27. The van der Waals surface area contributed by atoms with E-state index in [1.165, 1.54) is 7.11 Å².